The van der Waals surface area contributed by atoms with Crippen molar-refractivity contribution >= 4 is 35.4 Å². The quantitative estimate of drug-likeness (QED) is 0.730. The zero-order valence-corrected chi connectivity index (χ0v) is 9.96. The van der Waals surface area contributed by atoms with Gasteiger partial charge in [-0.2, -0.15) is 0 Å². The molecule has 0 atom stereocenters. The van der Waals surface area contributed by atoms with Crippen LogP contribution in [0.1, 0.15) is 0 Å². The van der Waals surface area contributed by atoms with E-state index in [2.05, 4.69) is 4.98 Å². The Morgan fingerprint density at radius 1 is 1.00 bits per heavy atom. The van der Waals surface area contributed by atoms with Gasteiger partial charge in [-0.05, 0) is 18.2 Å². The third-order valence-corrected chi connectivity index (χ3v) is 3.07. The lowest BCUT2D eigenvalue weighted by Crippen LogP contribution is -1.84. The van der Waals surface area contributed by atoms with Gasteiger partial charge in [0.05, 0.1) is 10.0 Å². The number of halogens is 2. The second-order valence-corrected chi connectivity index (χ2v) is 4.26. The molecule has 1 N–H and O–H groups in total. The molecule has 0 aliphatic rings. The van der Waals surface area contributed by atoms with Crippen molar-refractivity contribution in [2.24, 2.45) is 0 Å². The van der Waals surface area contributed by atoms with Gasteiger partial charge in [0.25, 0.3) is 0 Å². The molecule has 0 radical (unpaired) electrons. The van der Waals surface area contributed by atoms with Crippen molar-refractivity contribution in [3.63, 3.8) is 0 Å². The second-order valence-electron chi connectivity index (χ2n) is 3.03. The van der Waals surface area contributed by atoms with E-state index in [1.807, 2.05) is 30.3 Å². The molecule has 2 aromatic rings. The first-order valence-electron chi connectivity index (χ1n) is 4.32. The van der Waals surface area contributed by atoms with E-state index in [1.54, 1.807) is 6.07 Å². The molecule has 0 unspecified atom stereocenters. The fraction of sp³-hybridized carbons (Fsp3) is 0. The van der Waals surface area contributed by atoms with Crippen LogP contribution in [-0.2, 0) is 0 Å². The number of aromatic nitrogens is 1. The average molecular weight is 256 g/mol. The number of nitrogens with one attached hydrogen (secondary N) is 1. The molecule has 2 rings (SSSR count). The van der Waals surface area contributed by atoms with E-state index < -0.39 is 0 Å². The Kier molecular flexibility index (Phi) is 3.10. The zero-order valence-electron chi connectivity index (χ0n) is 7.63. The molecule has 0 bridgehead atoms. The molecule has 0 spiro atoms. The predicted octanol–water partition coefficient (Wildman–Crippen LogP) is 4.72. The van der Waals surface area contributed by atoms with Crippen molar-refractivity contribution in [3.8, 4) is 11.3 Å². The molecular formula is C11H7Cl2NS. The second kappa shape index (κ2) is 4.35. The van der Waals surface area contributed by atoms with Gasteiger partial charge >= 0.3 is 0 Å². The third kappa shape index (κ3) is 2.23. The van der Waals surface area contributed by atoms with Crippen molar-refractivity contribution in [3.05, 3.63) is 51.1 Å². The lowest BCUT2D eigenvalue weighted by Gasteiger charge is -2.05. The number of aromatic amines is 1. The number of hydrogen-bond donors (Lipinski definition) is 1. The van der Waals surface area contributed by atoms with Gasteiger partial charge < -0.3 is 4.98 Å². The van der Waals surface area contributed by atoms with Gasteiger partial charge in [-0.15, -0.1) is 0 Å². The molecule has 76 valence electrons. The van der Waals surface area contributed by atoms with Crippen molar-refractivity contribution in [2.75, 3.05) is 0 Å². The van der Waals surface area contributed by atoms with Crippen LogP contribution in [0.5, 0.6) is 0 Å². The first-order valence-corrected chi connectivity index (χ1v) is 5.48. The molecule has 1 nitrogen and oxygen atoms in total. The summed E-state index contributed by atoms with van der Waals surface area (Å²) in [5, 5.41) is 1.08. The molecule has 0 saturated carbocycles. The maximum atomic E-state index is 6.09. The van der Waals surface area contributed by atoms with E-state index >= 15 is 0 Å². The lowest BCUT2D eigenvalue weighted by molar-refractivity contribution is 1.30. The first kappa shape index (κ1) is 10.7. The number of rotatable bonds is 1. The summed E-state index contributed by atoms with van der Waals surface area (Å²) in [6, 6.07) is 11.1. The van der Waals surface area contributed by atoms with E-state index in [0.717, 1.165) is 11.3 Å². The van der Waals surface area contributed by atoms with Gasteiger partial charge in [0.1, 0.15) is 4.64 Å². The van der Waals surface area contributed by atoms with Gasteiger partial charge in [-0.25, -0.2) is 0 Å². The minimum atomic E-state index is 0.538. The van der Waals surface area contributed by atoms with Gasteiger partial charge in [-0.1, -0.05) is 53.6 Å². The van der Waals surface area contributed by atoms with Crippen molar-refractivity contribution < 1.29 is 0 Å². The smallest absolute Gasteiger partial charge is 0.103 e. The number of benzene rings is 1. The summed E-state index contributed by atoms with van der Waals surface area (Å²) in [6.45, 7) is 0. The highest BCUT2D eigenvalue weighted by Gasteiger charge is 2.06. The Balaban J connectivity index is 2.64. The van der Waals surface area contributed by atoms with E-state index in [4.69, 9.17) is 35.4 Å². The minimum absolute atomic E-state index is 0.538. The topological polar surface area (TPSA) is 15.8 Å². The van der Waals surface area contributed by atoms with Gasteiger partial charge in [0.2, 0.25) is 0 Å². The summed E-state index contributed by atoms with van der Waals surface area (Å²) in [5.74, 6) is 0. The SMILES string of the molecule is S=c1cccc(-c2cccc(Cl)c2Cl)[nH]1. The zero-order chi connectivity index (χ0) is 10.8. The van der Waals surface area contributed by atoms with Gasteiger partial charge in [0, 0.05) is 11.3 Å². The molecule has 15 heavy (non-hydrogen) atoms. The Labute approximate surface area is 103 Å². The molecule has 1 heterocycles. The molecule has 1 aromatic heterocycles. The molecule has 0 aliphatic carbocycles. The van der Waals surface area contributed by atoms with Crippen LogP contribution < -0.4 is 0 Å². The van der Waals surface area contributed by atoms with Crippen molar-refractivity contribution in [1.82, 2.24) is 4.98 Å². The Hall–Kier alpha value is -0.830. The Morgan fingerprint density at radius 2 is 1.73 bits per heavy atom. The van der Waals surface area contributed by atoms with Crippen LogP contribution in [0.25, 0.3) is 11.3 Å². The minimum Gasteiger partial charge on any atom is -0.346 e. The highest BCUT2D eigenvalue weighted by Crippen LogP contribution is 2.32. The normalized spacial score (nSPS) is 10.3. The van der Waals surface area contributed by atoms with Crippen LogP contribution >= 0.6 is 35.4 Å². The Morgan fingerprint density at radius 3 is 2.47 bits per heavy atom. The molecule has 1 aromatic carbocycles. The van der Waals surface area contributed by atoms with E-state index in [-0.39, 0.29) is 0 Å². The summed E-state index contributed by atoms with van der Waals surface area (Å²) >= 11 is 17.1. The first-order chi connectivity index (χ1) is 7.18. The summed E-state index contributed by atoms with van der Waals surface area (Å²) in [7, 11) is 0. The average Bonchev–Trinajstić information content (AvgIpc) is 2.22. The van der Waals surface area contributed by atoms with Crippen LogP contribution in [-0.4, -0.2) is 4.98 Å². The molecule has 0 amide bonds. The standard InChI is InChI=1S/C11H7Cl2NS/c12-8-4-1-3-7(11(8)13)9-5-2-6-10(15)14-9/h1-6H,(H,14,15). The molecule has 0 aliphatic heterocycles. The third-order valence-electron chi connectivity index (χ3n) is 2.01. The fourth-order valence-electron chi connectivity index (χ4n) is 1.32. The van der Waals surface area contributed by atoms with Crippen LogP contribution in [0, 0.1) is 4.64 Å². The summed E-state index contributed by atoms with van der Waals surface area (Å²) < 4.78 is 0.670. The van der Waals surface area contributed by atoms with Crippen LogP contribution in [0.2, 0.25) is 10.0 Å². The molecule has 0 fully saturated rings. The lowest BCUT2D eigenvalue weighted by atomic mass is 10.1. The van der Waals surface area contributed by atoms with Crippen LogP contribution in [0.15, 0.2) is 36.4 Å². The summed E-state index contributed by atoms with van der Waals surface area (Å²) in [5.41, 5.74) is 1.73. The monoisotopic (exact) mass is 255 g/mol. The number of H-pyrrole nitrogens is 1. The van der Waals surface area contributed by atoms with Crippen LogP contribution in [0.3, 0.4) is 0 Å². The molecule has 4 heteroatoms. The molecular weight excluding hydrogens is 249 g/mol. The van der Waals surface area contributed by atoms with E-state index in [0.29, 0.717) is 14.7 Å². The number of hydrogen-bond acceptors (Lipinski definition) is 1. The summed E-state index contributed by atoms with van der Waals surface area (Å²) in [4.78, 5) is 3.06. The van der Waals surface area contributed by atoms with E-state index in [1.165, 1.54) is 0 Å². The maximum Gasteiger partial charge on any atom is 0.103 e. The van der Waals surface area contributed by atoms with E-state index in [9.17, 15) is 0 Å². The fourth-order valence-corrected chi connectivity index (χ4v) is 1.91. The summed E-state index contributed by atoms with van der Waals surface area (Å²) in [6.07, 6.45) is 0. The number of pyridine rings is 1. The van der Waals surface area contributed by atoms with Crippen molar-refractivity contribution in [2.45, 2.75) is 0 Å². The Bertz CT molecular complexity index is 548. The van der Waals surface area contributed by atoms with Gasteiger partial charge in [0.15, 0.2) is 0 Å². The predicted molar refractivity (Wildman–Crippen MR) is 67.1 cm³/mol. The highest BCUT2D eigenvalue weighted by molar-refractivity contribution is 7.71. The largest absolute Gasteiger partial charge is 0.346 e. The molecule has 0 saturated heterocycles. The highest BCUT2D eigenvalue weighted by atomic mass is 35.5. The maximum absolute atomic E-state index is 6.09. The van der Waals surface area contributed by atoms with Crippen LogP contribution in [0.4, 0.5) is 0 Å². The van der Waals surface area contributed by atoms with Crippen molar-refractivity contribution in [1.29, 1.82) is 0 Å². The van der Waals surface area contributed by atoms with Gasteiger partial charge in [-0.3, -0.25) is 0 Å².